The van der Waals surface area contributed by atoms with Gasteiger partial charge in [0.25, 0.3) is 0 Å². The largest absolute Gasteiger partial charge is 0.481 e. The van der Waals surface area contributed by atoms with Gasteiger partial charge in [0.2, 0.25) is 0 Å². The van der Waals surface area contributed by atoms with Crippen molar-refractivity contribution in [2.45, 2.75) is 39.0 Å². The molecule has 1 aliphatic carbocycles. The van der Waals surface area contributed by atoms with Crippen LogP contribution in [-0.4, -0.2) is 27.9 Å². The van der Waals surface area contributed by atoms with Gasteiger partial charge in [-0.1, -0.05) is 19.8 Å². The van der Waals surface area contributed by atoms with Gasteiger partial charge in [0.15, 0.2) is 5.92 Å². The maximum absolute atomic E-state index is 11.8. The number of aliphatic carboxylic acids is 2. The summed E-state index contributed by atoms with van der Waals surface area (Å²) < 4.78 is 0. The number of ketones is 1. The van der Waals surface area contributed by atoms with E-state index in [0.29, 0.717) is 5.92 Å². The maximum Gasteiger partial charge on any atom is 0.318 e. The summed E-state index contributed by atoms with van der Waals surface area (Å²) in [6.45, 7) is 2.12. The first kappa shape index (κ1) is 13.7. The van der Waals surface area contributed by atoms with Crippen molar-refractivity contribution in [2.24, 2.45) is 17.8 Å². The van der Waals surface area contributed by atoms with Crippen LogP contribution in [0.5, 0.6) is 0 Å². The highest BCUT2D eigenvalue weighted by Crippen LogP contribution is 2.30. The van der Waals surface area contributed by atoms with Crippen molar-refractivity contribution in [2.75, 3.05) is 0 Å². The van der Waals surface area contributed by atoms with E-state index in [9.17, 15) is 14.4 Å². The number of carboxylic acids is 2. The Labute approximate surface area is 99.8 Å². The Hall–Kier alpha value is -1.39. The minimum atomic E-state index is -1.60. The van der Waals surface area contributed by atoms with E-state index in [-0.39, 0.29) is 18.1 Å². The second kappa shape index (κ2) is 5.80. The van der Waals surface area contributed by atoms with E-state index < -0.39 is 17.9 Å². The van der Waals surface area contributed by atoms with E-state index in [1.807, 2.05) is 0 Å². The summed E-state index contributed by atoms with van der Waals surface area (Å²) in [7, 11) is 0. The van der Waals surface area contributed by atoms with E-state index in [1.165, 1.54) is 0 Å². The van der Waals surface area contributed by atoms with Crippen molar-refractivity contribution >= 4 is 17.7 Å². The molecule has 0 aliphatic heterocycles. The lowest BCUT2D eigenvalue weighted by Crippen LogP contribution is -2.30. The lowest BCUT2D eigenvalue weighted by atomic mass is 9.79. The van der Waals surface area contributed by atoms with Gasteiger partial charge in [0.1, 0.15) is 5.78 Å². The highest BCUT2D eigenvalue weighted by atomic mass is 16.4. The van der Waals surface area contributed by atoms with E-state index in [0.717, 1.165) is 25.7 Å². The van der Waals surface area contributed by atoms with Gasteiger partial charge in [-0.05, 0) is 18.8 Å². The van der Waals surface area contributed by atoms with Crippen molar-refractivity contribution in [3.05, 3.63) is 0 Å². The molecule has 0 aromatic rings. The molecule has 0 saturated heterocycles. The summed E-state index contributed by atoms with van der Waals surface area (Å²) in [6, 6.07) is 0. The Morgan fingerprint density at radius 2 is 1.53 bits per heavy atom. The van der Waals surface area contributed by atoms with E-state index in [2.05, 4.69) is 6.92 Å². The summed E-state index contributed by atoms with van der Waals surface area (Å²) in [5.41, 5.74) is 0. The molecule has 0 unspecified atom stereocenters. The molecule has 0 atom stereocenters. The van der Waals surface area contributed by atoms with Crippen molar-refractivity contribution in [1.29, 1.82) is 0 Å². The predicted molar refractivity (Wildman–Crippen MR) is 59.5 cm³/mol. The number of Topliss-reactive ketones (excluding diaryl/α,β-unsaturated/α-hetero) is 1. The number of carbonyl (C=O) groups excluding carboxylic acids is 1. The van der Waals surface area contributed by atoms with Gasteiger partial charge in [-0.15, -0.1) is 0 Å². The van der Waals surface area contributed by atoms with Gasteiger partial charge in [-0.25, -0.2) is 0 Å². The molecule has 0 bridgehead atoms. The Morgan fingerprint density at radius 3 is 1.94 bits per heavy atom. The van der Waals surface area contributed by atoms with E-state index in [4.69, 9.17) is 10.2 Å². The average molecular weight is 242 g/mol. The lowest BCUT2D eigenvalue weighted by Gasteiger charge is -2.25. The zero-order chi connectivity index (χ0) is 13.0. The highest BCUT2D eigenvalue weighted by molar-refractivity contribution is 5.98. The van der Waals surface area contributed by atoms with Gasteiger partial charge in [-0.2, -0.15) is 0 Å². The van der Waals surface area contributed by atoms with Gasteiger partial charge < -0.3 is 10.2 Å². The average Bonchev–Trinajstić information content (AvgIpc) is 2.25. The molecule has 0 amide bonds. The molecule has 17 heavy (non-hydrogen) atoms. The summed E-state index contributed by atoms with van der Waals surface area (Å²) in [6.07, 6.45) is 3.05. The number of rotatable bonds is 5. The third-order valence-electron chi connectivity index (χ3n) is 3.47. The molecular formula is C12H18O5. The van der Waals surface area contributed by atoms with Crippen molar-refractivity contribution in [3.8, 4) is 0 Å². The van der Waals surface area contributed by atoms with Crippen LogP contribution in [0.15, 0.2) is 0 Å². The van der Waals surface area contributed by atoms with Crippen molar-refractivity contribution in [3.63, 3.8) is 0 Å². The molecule has 1 fully saturated rings. The standard InChI is InChI=1S/C12H18O5/c1-7-2-4-8(5-3-7)10(13)6-9(11(14)15)12(16)17/h7-9H,2-6H2,1H3,(H,14,15)(H,16,17). The fourth-order valence-corrected chi connectivity index (χ4v) is 2.23. The monoisotopic (exact) mass is 242 g/mol. The van der Waals surface area contributed by atoms with Crippen molar-refractivity contribution in [1.82, 2.24) is 0 Å². The van der Waals surface area contributed by atoms with Gasteiger partial charge in [0.05, 0.1) is 0 Å². The summed E-state index contributed by atoms with van der Waals surface area (Å²) in [4.78, 5) is 33.2. The number of carboxylic acid groups (broad SMARTS) is 2. The molecule has 2 N–H and O–H groups in total. The Balaban J connectivity index is 2.53. The molecule has 1 rings (SSSR count). The lowest BCUT2D eigenvalue weighted by molar-refractivity contribution is -0.156. The molecule has 0 radical (unpaired) electrons. The predicted octanol–water partition coefficient (Wildman–Crippen LogP) is 1.56. The summed E-state index contributed by atoms with van der Waals surface area (Å²) >= 11 is 0. The molecule has 1 aliphatic rings. The molecular weight excluding hydrogens is 224 g/mol. The van der Waals surface area contributed by atoms with Crippen LogP contribution in [0.1, 0.15) is 39.0 Å². The minimum Gasteiger partial charge on any atom is -0.481 e. The quantitative estimate of drug-likeness (QED) is 0.714. The molecule has 0 aromatic heterocycles. The zero-order valence-electron chi connectivity index (χ0n) is 9.89. The van der Waals surface area contributed by atoms with Gasteiger partial charge in [0, 0.05) is 12.3 Å². The van der Waals surface area contributed by atoms with E-state index >= 15 is 0 Å². The summed E-state index contributed by atoms with van der Waals surface area (Å²) in [5, 5.41) is 17.4. The molecule has 96 valence electrons. The van der Waals surface area contributed by atoms with Crippen LogP contribution in [0.4, 0.5) is 0 Å². The molecule has 1 saturated carbocycles. The van der Waals surface area contributed by atoms with Crippen LogP contribution in [0.25, 0.3) is 0 Å². The number of hydrogen-bond acceptors (Lipinski definition) is 3. The smallest absolute Gasteiger partial charge is 0.318 e. The van der Waals surface area contributed by atoms with Crippen LogP contribution in [0.3, 0.4) is 0 Å². The maximum atomic E-state index is 11.8. The molecule has 5 nitrogen and oxygen atoms in total. The molecule has 0 aromatic carbocycles. The van der Waals surface area contributed by atoms with Gasteiger partial charge >= 0.3 is 11.9 Å². The second-order valence-electron chi connectivity index (χ2n) is 4.86. The first-order valence-electron chi connectivity index (χ1n) is 5.90. The van der Waals surface area contributed by atoms with Crippen LogP contribution < -0.4 is 0 Å². The highest BCUT2D eigenvalue weighted by Gasteiger charge is 2.32. The fourth-order valence-electron chi connectivity index (χ4n) is 2.23. The third-order valence-corrected chi connectivity index (χ3v) is 3.47. The Morgan fingerprint density at radius 1 is 1.06 bits per heavy atom. The number of carbonyl (C=O) groups is 3. The second-order valence-corrected chi connectivity index (χ2v) is 4.86. The third kappa shape index (κ3) is 3.84. The van der Waals surface area contributed by atoms with E-state index in [1.54, 1.807) is 0 Å². The fraction of sp³-hybridized carbons (Fsp3) is 0.750. The topological polar surface area (TPSA) is 91.7 Å². The first-order valence-corrected chi connectivity index (χ1v) is 5.90. The van der Waals surface area contributed by atoms with Crippen LogP contribution >= 0.6 is 0 Å². The SMILES string of the molecule is CC1CCC(C(=O)CC(C(=O)O)C(=O)O)CC1. The van der Waals surface area contributed by atoms with Crippen LogP contribution in [0.2, 0.25) is 0 Å². The van der Waals surface area contributed by atoms with Crippen molar-refractivity contribution < 1.29 is 24.6 Å². The normalized spacial score (nSPS) is 24.6. The first-order chi connectivity index (χ1) is 7.91. The number of hydrogen-bond donors (Lipinski definition) is 2. The minimum absolute atomic E-state index is 0.146. The van der Waals surface area contributed by atoms with Crippen LogP contribution in [-0.2, 0) is 14.4 Å². The molecule has 5 heteroatoms. The summed E-state index contributed by atoms with van der Waals surface area (Å²) in [5.74, 6) is -4.22. The zero-order valence-corrected chi connectivity index (χ0v) is 9.89. The Bertz CT molecular complexity index is 301. The molecule has 0 heterocycles. The molecule has 0 spiro atoms. The van der Waals surface area contributed by atoms with Crippen LogP contribution in [0, 0.1) is 17.8 Å². The van der Waals surface area contributed by atoms with Gasteiger partial charge in [-0.3, -0.25) is 14.4 Å². The Kier molecular flexibility index (Phi) is 4.66.